The van der Waals surface area contributed by atoms with Crippen molar-refractivity contribution in [2.45, 2.75) is 17.5 Å². The summed E-state index contributed by atoms with van der Waals surface area (Å²) in [6, 6.07) is 5.20. The molecule has 1 amide bonds. The lowest BCUT2D eigenvalue weighted by Gasteiger charge is -2.10. The van der Waals surface area contributed by atoms with Gasteiger partial charge < -0.3 is 14.8 Å². The van der Waals surface area contributed by atoms with E-state index in [0.717, 1.165) is 23.1 Å². The van der Waals surface area contributed by atoms with E-state index in [2.05, 4.69) is 0 Å². The first-order valence-corrected chi connectivity index (χ1v) is 7.28. The number of hydrogen-bond donors (Lipinski definition) is 1. The molecule has 1 aromatic rings. The van der Waals surface area contributed by atoms with Crippen molar-refractivity contribution in [1.82, 2.24) is 5.32 Å². The van der Waals surface area contributed by atoms with E-state index in [-0.39, 0.29) is 5.75 Å². The zero-order chi connectivity index (χ0) is 15.3. The highest BCUT2D eigenvalue weighted by Crippen LogP contribution is 2.33. The number of amides is 1. The predicted octanol–water partition coefficient (Wildman–Crippen LogP) is 2.62. The van der Waals surface area contributed by atoms with E-state index in [4.69, 9.17) is 9.47 Å². The van der Waals surface area contributed by atoms with Gasteiger partial charge in [-0.1, -0.05) is 0 Å². The van der Waals surface area contributed by atoms with Crippen molar-refractivity contribution in [3.63, 3.8) is 0 Å². The molecule has 0 fully saturated rings. The Bertz CT molecular complexity index is 508. The summed E-state index contributed by atoms with van der Waals surface area (Å²) in [6.07, 6.45) is -3.60. The molecule has 0 aliphatic carbocycles. The van der Waals surface area contributed by atoms with Gasteiger partial charge in [0.25, 0.3) is 0 Å². The van der Waals surface area contributed by atoms with E-state index in [0.29, 0.717) is 24.7 Å². The minimum atomic E-state index is -4.39. The van der Waals surface area contributed by atoms with Gasteiger partial charge in [-0.05, 0) is 18.2 Å². The number of nitrogens with one attached hydrogen (secondary N) is 1. The Hall–Kier alpha value is -1.57. The van der Waals surface area contributed by atoms with Crippen LogP contribution in [0.2, 0.25) is 0 Å². The Kier molecular flexibility index (Phi) is 5.22. The molecule has 0 aromatic heterocycles. The summed E-state index contributed by atoms with van der Waals surface area (Å²) in [4.78, 5) is 12.1. The van der Waals surface area contributed by atoms with E-state index >= 15 is 0 Å². The first-order chi connectivity index (χ1) is 9.94. The quantitative estimate of drug-likeness (QED) is 0.866. The van der Waals surface area contributed by atoms with Crippen LogP contribution in [0.4, 0.5) is 13.2 Å². The van der Waals surface area contributed by atoms with Gasteiger partial charge in [0.2, 0.25) is 5.91 Å². The molecule has 8 heteroatoms. The van der Waals surface area contributed by atoms with Crippen molar-refractivity contribution in [2.75, 3.05) is 25.5 Å². The number of ether oxygens (including phenoxy) is 2. The Morgan fingerprint density at radius 2 is 1.95 bits per heavy atom. The van der Waals surface area contributed by atoms with Crippen molar-refractivity contribution in [3.05, 3.63) is 18.2 Å². The fourth-order valence-electron chi connectivity index (χ4n) is 1.63. The highest BCUT2D eigenvalue weighted by Gasteiger charge is 2.27. The van der Waals surface area contributed by atoms with Gasteiger partial charge in [0, 0.05) is 11.3 Å². The number of benzene rings is 1. The zero-order valence-electron chi connectivity index (χ0n) is 11.0. The molecule has 0 saturated heterocycles. The fraction of sp³-hybridized carbons (Fsp3) is 0.462. The third kappa shape index (κ3) is 5.37. The highest BCUT2D eigenvalue weighted by atomic mass is 32.2. The van der Waals surface area contributed by atoms with Crippen LogP contribution in [0, 0.1) is 0 Å². The number of alkyl halides is 3. The average Bonchev–Trinajstić information content (AvgIpc) is 2.66. The van der Waals surface area contributed by atoms with Crippen molar-refractivity contribution >= 4 is 17.7 Å². The molecule has 0 spiro atoms. The van der Waals surface area contributed by atoms with Gasteiger partial charge in [-0.3, -0.25) is 4.79 Å². The molecular weight excluding hydrogens is 307 g/mol. The number of carbonyl (C=O) groups excluding carboxylic acids is 1. The molecule has 0 radical (unpaired) electrons. The molecule has 116 valence electrons. The van der Waals surface area contributed by atoms with Crippen LogP contribution in [0.25, 0.3) is 0 Å². The number of halogens is 3. The standard InChI is InChI=1S/C13H14F3NO3S/c14-13(15,16)8-17-12(18)7-21-9-2-3-10-11(6-9)20-5-1-4-19-10/h2-3,6H,1,4-5,7-8H2,(H,17,18). The van der Waals surface area contributed by atoms with Crippen LogP contribution in [0.3, 0.4) is 0 Å². The average molecular weight is 321 g/mol. The SMILES string of the molecule is O=C(CSc1ccc2c(c1)OCCCO2)NCC(F)(F)F. The summed E-state index contributed by atoms with van der Waals surface area (Å²) in [6.45, 7) is -0.180. The topological polar surface area (TPSA) is 47.6 Å². The van der Waals surface area contributed by atoms with Gasteiger partial charge >= 0.3 is 6.18 Å². The minimum Gasteiger partial charge on any atom is -0.490 e. The number of thioether (sulfide) groups is 1. The molecule has 1 N–H and O–H groups in total. The first-order valence-electron chi connectivity index (χ1n) is 6.30. The zero-order valence-corrected chi connectivity index (χ0v) is 11.9. The maximum atomic E-state index is 12.0. The molecular formula is C13H14F3NO3S. The third-order valence-electron chi connectivity index (χ3n) is 2.57. The van der Waals surface area contributed by atoms with Gasteiger partial charge in [-0.2, -0.15) is 13.2 Å². The van der Waals surface area contributed by atoms with Crippen LogP contribution in [-0.4, -0.2) is 37.6 Å². The smallest absolute Gasteiger partial charge is 0.405 e. The summed E-state index contributed by atoms with van der Waals surface area (Å²) in [5.74, 6) is 0.478. The Morgan fingerprint density at radius 1 is 1.24 bits per heavy atom. The van der Waals surface area contributed by atoms with Crippen LogP contribution in [0.5, 0.6) is 11.5 Å². The van der Waals surface area contributed by atoms with E-state index in [9.17, 15) is 18.0 Å². The maximum Gasteiger partial charge on any atom is 0.405 e. The lowest BCUT2D eigenvalue weighted by atomic mass is 10.3. The van der Waals surface area contributed by atoms with Gasteiger partial charge in [0.15, 0.2) is 11.5 Å². The summed E-state index contributed by atoms with van der Waals surface area (Å²) in [7, 11) is 0. The molecule has 2 rings (SSSR count). The van der Waals surface area contributed by atoms with Gasteiger partial charge in [-0.25, -0.2) is 0 Å². The second kappa shape index (κ2) is 6.93. The van der Waals surface area contributed by atoms with Crippen molar-refractivity contribution in [2.24, 2.45) is 0 Å². The van der Waals surface area contributed by atoms with Crippen LogP contribution in [0.1, 0.15) is 6.42 Å². The van der Waals surface area contributed by atoms with Gasteiger partial charge in [0.1, 0.15) is 6.54 Å². The normalized spacial score (nSPS) is 14.4. The summed E-state index contributed by atoms with van der Waals surface area (Å²) in [5, 5.41) is 1.82. The van der Waals surface area contributed by atoms with Crippen LogP contribution >= 0.6 is 11.8 Å². The lowest BCUT2D eigenvalue weighted by Crippen LogP contribution is -2.34. The van der Waals surface area contributed by atoms with Crippen LogP contribution < -0.4 is 14.8 Å². The second-order valence-corrected chi connectivity index (χ2v) is 5.39. The predicted molar refractivity (Wildman–Crippen MR) is 71.8 cm³/mol. The van der Waals surface area contributed by atoms with Gasteiger partial charge in [-0.15, -0.1) is 11.8 Å². The number of fused-ring (bicyclic) bond motifs is 1. The molecule has 0 saturated carbocycles. The molecule has 1 aliphatic heterocycles. The fourth-order valence-corrected chi connectivity index (χ4v) is 2.39. The Morgan fingerprint density at radius 3 is 2.67 bits per heavy atom. The van der Waals surface area contributed by atoms with E-state index < -0.39 is 18.6 Å². The van der Waals surface area contributed by atoms with E-state index in [1.165, 1.54) is 0 Å². The van der Waals surface area contributed by atoms with Crippen molar-refractivity contribution in [1.29, 1.82) is 0 Å². The van der Waals surface area contributed by atoms with E-state index in [1.807, 2.05) is 5.32 Å². The van der Waals surface area contributed by atoms with Gasteiger partial charge in [0.05, 0.1) is 19.0 Å². The Labute approximate surface area is 124 Å². The largest absolute Gasteiger partial charge is 0.490 e. The number of hydrogen-bond acceptors (Lipinski definition) is 4. The summed E-state index contributed by atoms with van der Waals surface area (Å²) >= 11 is 1.14. The second-order valence-electron chi connectivity index (χ2n) is 4.34. The molecule has 1 aromatic carbocycles. The third-order valence-corrected chi connectivity index (χ3v) is 3.57. The molecule has 0 bridgehead atoms. The molecule has 0 atom stereocenters. The molecule has 21 heavy (non-hydrogen) atoms. The van der Waals surface area contributed by atoms with Crippen LogP contribution in [0.15, 0.2) is 23.1 Å². The Balaban J connectivity index is 1.86. The van der Waals surface area contributed by atoms with Crippen molar-refractivity contribution in [3.8, 4) is 11.5 Å². The minimum absolute atomic E-state index is 0.0876. The molecule has 1 heterocycles. The maximum absolute atomic E-state index is 12.0. The molecule has 0 unspecified atom stereocenters. The first kappa shape index (κ1) is 15.8. The van der Waals surface area contributed by atoms with Crippen LogP contribution in [-0.2, 0) is 4.79 Å². The van der Waals surface area contributed by atoms with Crippen molar-refractivity contribution < 1.29 is 27.4 Å². The number of rotatable bonds is 4. The molecule has 1 aliphatic rings. The monoisotopic (exact) mass is 321 g/mol. The lowest BCUT2D eigenvalue weighted by molar-refractivity contribution is -0.136. The summed E-state index contributed by atoms with van der Waals surface area (Å²) in [5.41, 5.74) is 0. The summed E-state index contributed by atoms with van der Waals surface area (Å²) < 4.78 is 46.8. The highest BCUT2D eigenvalue weighted by molar-refractivity contribution is 8.00. The number of carbonyl (C=O) groups is 1. The van der Waals surface area contributed by atoms with E-state index in [1.54, 1.807) is 18.2 Å². The molecule has 4 nitrogen and oxygen atoms in total.